The van der Waals surface area contributed by atoms with E-state index in [-0.39, 0.29) is 24.1 Å². The van der Waals surface area contributed by atoms with Crippen LogP contribution in [0.25, 0.3) is 0 Å². The molecule has 0 bridgehead atoms. The minimum Gasteiger partial charge on any atom is -0.496 e. The van der Waals surface area contributed by atoms with Gasteiger partial charge in [-0.2, -0.15) is 0 Å². The van der Waals surface area contributed by atoms with E-state index in [9.17, 15) is 14.4 Å². The van der Waals surface area contributed by atoms with Gasteiger partial charge in [-0.15, -0.1) is 0 Å². The predicted octanol–water partition coefficient (Wildman–Crippen LogP) is 0.102. The van der Waals surface area contributed by atoms with Gasteiger partial charge < -0.3 is 15.0 Å². The maximum Gasteiger partial charge on any atom is 0.258 e. The van der Waals surface area contributed by atoms with Crippen molar-refractivity contribution in [1.29, 1.82) is 0 Å². The largest absolute Gasteiger partial charge is 0.496 e. The first-order valence-electron chi connectivity index (χ1n) is 8.17. The predicted molar refractivity (Wildman–Crippen MR) is 84.4 cm³/mol. The first-order valence-corrected chi connectivity index (χ1v) is 8.17. The highest BCUT2D eigenvalue weighted by Crippen LogP contribution is 2.38. The summed E-state index contributed by atoms with van der Waals surface area (Å²) >= 11 is 0. The number of nitrogens with zero attached hydrogens (tertiary/aromatic N) is 1. The molecule has 0 spiro atoms. The topological polar surface area (TPSA) is 87.7 Å². The van der Waals surface area contributed by atoms with Gasteiger partial charge in [0.2, 0.25) is 11.8 Å². The van der Waals surface area contributed by atoms with Gasteiger partial charge in [-0.05, 0) is 42.1 Å². The van der Waals surface area contributed by atoms with Crippen molar-refractivity contribution in [3.63, 3.8) is 0 Å². The Morgan fingerprint density at radius 3 is 2.79 bits per heavy atom. The van der Waals surface area contributed by atoms with Gasteiger partial charge in [-0.1, -0.05) is 0 Å². The molecular weight excluding hydrogens is 310 g/mol. The van der Waals surface area contributed by atoms with Crippen molar-refractivity contribution in [2.45, 2.75) is 38.4 Å². The molecule has 2 N–H and O–H groups in total. The number of nitrogens with one attached hydrogen (secondary N) is 2. The molecule has 3 aliphatic rings. The van der Waals surface area contributed by atoms with Gasteiger partial charge in [0.15, 0.2) is 0 Å². The molecule has 126 valence electrons. The van der Waals surface area contributed by atoms with Crippen LogP contribution < -0.4 is 15.4 Å². The van der Waals surface area contributed by atoms with E-state index in [4.69, 9.17) is 4.74 Å². The number of carbonyl (C=O) groups excluding carboxylic acids is 3. The Balaban J connectivity index is 1.74. The van der Waals surface area contributed by atoms with Crippen molar-refractivity contribution in [3.05, 3.63) is 28.3 Å². The normalized spacial score (nSPS) is 23.0. The molecule has 3 amide bonds. The van der Waals surface area contributed by atoms with Crippen molar-refractivity contribution < 1.29 is 19.1 Å². The highest BCUT2D eigenvalue weighted by Gasteiger charge is 2.42. The molecule has 3 heterocycles. The van der Waals surface area contributed by atoms with Gasteiger partial charge in [0.05, 0.1) is 12.7 Å². The van der Waals surface area contributed by atoms with Crippen molar-refractivity contribution >= 4 is 17.7 Å². The lowest BCUT2D eigenvalue weighted by Crippen LogP contribution is -2.52. The third kappa shape index (κ3) is 2.19. The van der Waals surface area contributed by atoms with Crippen LogP contribution in [0.2, 0.25) is 0 Å². The number of methoxy groups -OCH3 is 1. The molecule has 0 aliphatic carbocycles. The summed E-state index contributed by atoms with van der Waals surface area (Å²) < 4.78 is 5.44. The van der Waals surface area contributed by atoms with E-state index in [2.05, 4.69) is 10.6 Å². The highest BCUT2D eigenvalue weighted by molar-refractivity contribution is 6.06. The quantitative estimate of drug-likeness (QED) is 0.752. The summed E-state index contributed by atoms with van der Waals surface area (Å²) in [4.78, 5) is 38.1. The third-order valence-corrected chi connectivity index (χ3v) is 5.08. The van der Waals surface area contributed by atoms with Crippen LogP contribution in [0, 0.1) is 0 Å². The molecule has 0 aromatic heterocycles. The summed E-state index contributed by atoms with van der Waals surface area (Å²) in [5.74, 6) is -0.284. The fourth-order valence-corrected chi connectivity index (χ4v) is 3.90. The van der Waals surface area contributed by atoms with Crippen LogP contribution in [-0.2, 0) is 29.1 Å². The molecule has 1 atom stereocenters. The van der Waals surface area contributed by atoms with Crippen LogP contribution in [-0.4, -0.2) is 42.3 Å². The van der Waals surface area contributed by atoms with Gasteiger partial charge in [0, 0.05) is 19.5 Å². The lowest BCUT2D eigenvalue weighted by Gasteiger charge is -2.29. The molecule has 1 unspecified atom stereocenters. The lowest BCUT2D eigenvalue weighted by atomic mass is 9.92. The summed E-state index contributed by atoms with van der Waals surface area (Å²) in [6.45, 7) is 2.03. The first-order chi connectivity index (χ1) is 11.6. The Kier molecular flexibility index (Phi) is 3.53. The molecule has 24 heavy (non-hydrogen) atoms. The van der Waals surface area contributed by atoms with E-state index in [0.29, 0.717) is 24.3 Å². The van der Waals surface area contributed by atoms with Crippen LogP contribution in [0.1, 0.15) is 39.9 Å². The molecule has 1 aromatic carbocycles. The zero-order chi connectivity index (χ0) is 16.8. The van der Waals surface area contributed by atoms with Gasteiger partial charge in [0.1, 0.15) is 11.8 Å². The van der Waals surface area contributed by atoms with Crippen LogP contribution in [0.15, 0.2) is 6.07 Å². The minimum absolute atomic E-state index is 0.183. The Morgan fingerprint density at radius 1 is 1.21 bits per heavy atom. The summed E-state index contributed by atoms with van der Waals surface area (Å²) in [5, 5.41) is 5.66. The zero-order valence-corrected chi connectivity index (χ0v) is 13.5. The molecule has 1 saturated heterocycles. The highest BCUT2D eigenvalue weighted by atomic mass is 16.5. The number of amides is 3. The van der Waals surface area contributed by atoms with E-state index in [1.54, 1.807) is 12.0 Å². The minimum atomic E-state index is -0.593. The maximum absolute atomic E-state index is 13.0. The number of fused-ring (bicyclic) bond motifs is 3. The van der Waals surface area contributed by atoms with Crippen molar-refractivity contribution in [2.75, 3.05) is 13.7 Å². The molecule has 1 aromatic rings. The number of ether oxygens (including phenoxy) is 1. The third-order valence-electron chi connectivity index (χ3n) is 5.08. The fraction of sp³-hybridized carbons (Fsp3) is 0.471. The molecule has 7 nitrogen and oxygen atoms in total. The fourth-order valence-electron chi connectivity index (χ4n) is 3.90. The molecule has 7 heteroatoms. The van der Waals surface area contributed by atoms with Gasteiger partial charge >= 0.3 is 0 Å². The SMILES string of the molecule is COc1cc2c(c3c1C(=O)N(C1CCC(=O)NC1=O)C3)CCNC2. The number of carbonyl (C=O) groups is 3. The van der Waals surface area contributed by atoms with Crippen molar-refractivity contribution in [2.24, 2.45) is 0 Å². The number of imide groups is 1. The molecule has 0 saturated carbocycles. The van der Waals surface area contributed by atoms with E-state index >= 15 is 0 Å². The lowest BCUT2D eigenvalue weighted by molar-refractivity contribution is -0.136. The van der Waals surface area contributed by atoms with Crippen LogP contribution in [0.3, 0.4) is 0 Å². The Bertz CT molecular complexity index is 759. The molecule has 0 radical (unpaired) electrons. The molecular formula is C17H19N3O4. The zero-order valence-electron chi connectivity index (χ0n) is 13.5. The number of benzene rings is 1. The summed E-state index contributed by atoms with van der Waals surface area (Å²) in [6.07, 6.45) is 1.49. The van der Waals surface area contributed by atoms with Crippen LogP contribution >= 0.6 is 0 Å². The maximum atomic E-state index is 13.0. The van der Waals surface area contributed by atoms with Gasteiger partial charge in [-0.3, -0.25) is 19.7 Å². The van der Waals surface area contributed by atoms with E-state index < -0.39 is 6.04 Å². The average molecular weight is 329 g/mol. The second-order valence-corrected chi connectivity index (χ2v) is 6.40. The van der Waals surface area contributed by atoms with Crippen molar-refractivity contribution in [1.82, 2.24) is 15.5 Å². The number of piperidine rings is 1. The van der Waals surface area contributed by atoms with Gasteiger partial charge in [-0.25, -0.2) is 0 Å². The number of hydrogen-bond donors (Lipinski definition) is 2. The van der Waals surface area contributed by atoms with E-state index in [0.717, 1.165) is 30.6 Å². The summed E-state index contributed by atoms with van der Waals surface area (Å²) in [6, 6.07) is 1.33. The molecule has 3 aliphatic heterocycles. The Hall–Kier alpha value is -2.41. The standard InChI is InChI=1S/C17H19N3O4/c1-24-13-6-9-7-18-5-4-10(9)11-8-20(17(23)15(11)13)12-2-3-14(21)19-16(12)22/h6,12,18H,2-5,7-8H2,1H3,(H,19,21,22). The summed E-state index contributed by atoms with van der Waals surface area (Å²) in [5.41, 5.74) is 3.88. The number of hydrogen-bond acceptors (Lipinski definition) is 5. The Labute approximate surface area is 139 Å². The molecule has 1 fully saturated rings. The first kappa shape index (κ1) is 15.1. The van der Waals surface area contributed by atoms with Gasteiger partial charge in [0.25, 0.3) is 5.91 Å². The van der Waals surface area contributed by atoms with Crippen LogP contribution in [0.4, 0.5) is 0 Å². The van der Waals surface area contributed by atoms with Crippen molar-refractivity contribution in [3.8, 4) is 5.75 Å². The second kappa shape index (κ2) is 5.59. The second-order valence-electron chi connectivity index (χ2n) is 6.40. The average Bonchev–Trinajstić information content (AvgIpc) is 2.92. The summed E-state index contributed by atoms with van der Waals surface area (Å²) in [7, 11) is 1.56. The smallest absolute Gasteiger partial charge is 0.258 e. The molecule has 4 rings (SSSR count). The van der Waals surface area contributed by atoms with Crippen LogP contribution in [0.5, 0.6) is 5.75 Å². The Morgan fingerprint density at radius 2 is 2.04 bits per heavy atom. The number of rotatable bonds is 2. The van der Waals surface area contributed by atoms with E-state index in [1.807, 2.05) is 6.07 Å². The monoisotopic (exact) mass is 329 g/mol. The van der Waals surface area contributed by atoms with E-state index in [1.165, 1.54) is 5.56 Å².